The van der Waals surface area contributed by atoms with Gasteiger partial charge in [0.05, 0.1) is 6.10 Å². The fraction of sp³-hybridized carbons (Fsp3) is 0.889. The van der Waals surface area contributed by atoms with E-state index in [1.165, 1.54) is 19.5 Å². The van der Waals surface area contributed by atoms with Crippen molar-refractivity contribution in [3.8, 4) is 0 Å². The van der Waals surface area contributed by atoms with Crippen LogP contribution in [0.15, 0.2) is 4.99 Å². The molecule has 4 heterocycles. The quantitative estimate of drug-likeness (QED) is 0.303. The summed E-state index contributed by atoms with van der Waals surface area (Å²) in [5.74, 6) is 0.721. The molecule has 9 heteroatoms. The molecule has 156 valence electrons. The van der Waals surface area contributed by atoms with Crippen LogP contribution in [-0.2, 0) is 9.53 Å². The van der Waals surface area contributed by atoms with Crippen LogP contribution in [0.1, 0.15) is 19.3 Å². The second-order valence-corrected chi connectivity index (χ2v) is 7.69. The van der Waals surface area contributed by atoms with E-state index in [1.54, 1.807) is 19.0 Å². The first-order chi connectivity index (χ1) is 12.6. The van der Waals surface area contributed by atoms with Crippen molar-refractivity contribution < 1.29 is 9.53 Å². The van der Waals surface area contributed by atoms with E-state index in [1.807, 2.05) is 0 Å². The van der Waals surface area contributed by atoms with E-state index in [2.05, 4.69) is 25.4 Å². The highest BCUT2D eigenvalue weighted by atomic mass is 127. The molecule has 0 saturated carbocycles. The van der Waals surface area contributed by atoms with Gasteiger partial charge in [0.25, 0.3) is 0 Å². The van der Waals surface area contributed by atoms with Crippen molar-refractivity contribution in [3.05, 3.63) is 0 Å². The molecule has 4 fully saturated rings. The van der Waals surface area contributed by atoms with Crippen LogP contribution in [0.4, 0.5) is 0 Å². The molecule has 4 aliphatic rings. The van der Waals surface area contributed by atoms with Gasteiger partial charge in [-0.25, -0.2) is 4.99 Å². The first kappa shape index (κ1) is 22.6. The Morgan fingerprint density at radius 3 is 2.48 bits per heavy atom. The molecule has 4 rings (SSSR count). The zero-order chi connectivity index (χ0) is 18.4. The maximum absolute atomic E-state index is 11.9. The third-order valence-corrected chi connectivity index (χ3v) is 5.54. The standard InChI is InChI=1S/C18H34N6O2.HI/c1-22(2)17(25)13-21-18(20-12-16-5-3-4-10-26-16)19-11-15-14-23-6-8-24(15)9-7-23;/h15-16H,3-14H2,1-2H3,(H2,19,20,21);1H. The second-order valence-electron chi connectivity index (χ2n) is 7.69. The minimum atomic E-state index is 0. The number of nitrogens with zero attached hydrogens (tertiary/aromatic N) is 4. The predicted molar refractivity (Wildman–Crippen MR) is 118 cm³/mol. The van der Waals surface area contributed by atoms with Gasteiger partial charge >= 0.3 is 0 Å². The van der Waals surface area contributed by atoms with Crippen LogP contribution in [0, 0.1) is 0 Å². The summed E-state index contributed by atoms with van der Waals surface area (Å²) in [7, 11) is 3.52. The fourth-order valence-electron chi connectivity index (χ4n) is 3.77. The highest BCUT2D eigenvalue weighted by Crippen LogP contribution is 2.15. The number of hydrogen-bond donors (Lipinski definition) is 2. The van der Waals surface area contributed by atoms with Gasteiger partial charge in [0.1, 0.15) is 6.54 Å². The van der Waals surface area contributed by atoms with E-state index in [9.17, 15) is 4.79 Å². The molecule has 0 aliphatic carbocycles. The molecule has 2 unspecified atom stereocenters. The maximum atomic E-state index is 11.9. The third kappa shape index (κ3) is 7.03. The number of carbonyl (C=O) groups is 1. The Morgan fingerprint density at radius 1 is 1.15 bits per heavy atom. The van der Waals surface area contributed by atoms with Gasteiger partial charge in [-0.2, -0.15) is 0 Å². The number of fused-ring (bicyclic) bond motifs is 3. The van der Waals surface area contributed by atoms with Gasteiger partial charge in [-0.05, 0) is 19.3 Å². The van der Waals surface area contributed by atoms with Crippen LogP contribution in [0.25, 0.3) is 0 Å². The molecule has 2 atom stereocenters. The van der Waals surface area contributed by atoms with Crippen LogP contribution in [-0.4, -0.2) is 112 Å². The Hall–Kier alpha value is -0.650. The van der Waals surface area contributed by atoms with Gasteiger partial charge < -0.3 is 20.3 Å². The van der Waals surface area contributed by atoms with E-state index in [4.69, 9.17) is 4.74 Å². The average molecular weight is 494 g/mol. The predicted octanol–water partition coefficient (Wildman–Crippen LogP) is -0.203. The molecule has 8 nitrogen and oxygen atoms in total. The zero-order valence-electron chi connectivity index (χ0n) is 16.7. The number of halogens is 1. The van der Waals surface area contributed by atoms with Crippen molar-refractivity contribution in [2.75, 3.05) is 73.1 Å². The summed E-state index contributed by atoms with van der Waals surface area (Å²) in [5.41, 5.74) is 0. The Labute approximate surface area is 180 Å². The number of guanidine groups is 1. The minimum absolute atomic E-state index is 0. The number of likely N-dealkylation sites (N-methyl/N-ethyl adjacent to an activating group) is 1. The zero-order valence-corrected chi connectivity index (χ0v) is 19.0. The summed E-state index contributed by atoms with van der Waals surface area (Å²) in [5, 5.41) is 6.83. The number of carbonyl (C=O) groups excluding carboxylic acids is 1. The third-order valence-electron chi connectivity index (χ3n) is 5.54. The summed E-state index contributed by atoms with van der Waals surface area (Å²) in [4.78, 5) is 23.0. The molecule has 0 aromatic rings. The van der Waals surface area contributed by atoms with E-state index in [0.29, 0.717) is 12.0 Å². The number of piperazine rings is 3. The summed E-state index contributed by atoms with van der Waals surface area (Å²) >= 11 is 0. The normalized spacial score (nSPS) is 30.4. The van der Waals surface area contributed by atoms with E-state index >= 15 is 0 Å². The Kier molecular flexibility index (Phi) is 9.54. The molecular weight excluding hydrogens is 459 g/mol. The minimum Gasteiger partial charge on any atom is -0.376 e. The first-order valence-corrected chi connectivity index (χ1v) is 9.92. The smallest absolute Gasteiger partial charge is 0.243 e. The molecule has 27 heavy (non-hydrogen) atoms. The Bertz CT molecular complexity index is 490. The monoisotopic (exact) mass is 494 g/mol. The van der Waals surface area contributed by atoms with Gasteiger partial charge in [-0.3, -0.25) is 14.6 Å². The average Bonchev–Trinajstić information content (AvgIpc) is 2.68. The highest BCUT2D eigenvalue weighted by Gasteiger charge is 2.31. The SMILES string of the molecule is CN(C)C(=O)CN=C(NCC1CCCCO1)NCC1CN2CCN1CC2.I. The van der Waals surface area contributed by atoms with Crippen molar-refractivity contribution in [3.63, 3.8) is 0 Å². The van der Waals surface area contributed by atoms with Crippen molar-refractivity contribution in [1.29, 1.82) is 0 Å². The topological polar surface area (TPSA) is 72.4 Å². The van der Waals surface area contributed by atoms with Crippen LogP contribution >= 0.6 is 24.0 Å². The van der Waals surface area contributed by atoms with Crippen LogP contribution in [0.2, 0.25) is 0 Å². The van der Waals surface area contributed by atoms with Crippen LogP contribution in [0.3, 0.4) is 0 Å². The lowest BCUT2D eigenvalue weighted by molar-refractivity contribution is -0.127. The van der Waals surface area contributed by atoms with Crippen molar-refractivity contribution in [1.82, 2.24) is 25.3 Å². The lowest BCUT2D eigenvalue weighted by Gasteiger charge is -2.47. The van der Waals surface area contributed by atoms with Gasteiger partial charge in [0, 0.05) is 72.6 Å². The summed E-state index contributed by atoms with van der Waals surface area (Å²) in [6.45, 7) is 8.39. The summed E-state index contributed by atoms with van der Waals surface area (Å²) in [6, 6.07) is 0.514. The number of aliphatic imine (C=N–C) groups is 1. The lowest BCUT2D eigenvalue weighted by Crippen LogP contribution is -2.64. The molecule has 0 aromatic heterocycles. The van der Waals surface area contributed by atoms with Gasteiger partial charge in [0.2, 0.25) is 5.91 Å². The number of ether oxygens (including phenoxy) is 1. The maximum Gasteiger partial charge on any atom is 0.243 e. The summed E-state index contributed by atoms with van der Waals surface area (Å²) < 4.78 is 5.79. The second kappa shape index (κ2) is 11.4. The lowest BCUT2D eigenvalue weighted by atomic mass is 10.1. The fourth-order valence-corrected chi connectivity index (χ4v) is 3.77. The van der Waals surface area contributed by atoms with Gasteiger partial charge in [0.15, 0.2) is 5.96 Å². The summed E-state index contributed by atoms with van der Waals surface area (Å²) in [6.07, 6.45) is 3.70. The molecule has 0 spiro atoms. The Morgan fingerprint density at radius 2 is 1.89 bits per heavy atom. The molecule has 1 amide bonds. The van der Waals surface area contributed by atoms with Crippen LogP contribution in [0.5, 0.6) is 0 Å². The molecule has 4 saturated heterocycles. The molecular formula is C18H35IN6O2. The molecule has 4 aliphatic heterocycles. The highest BCUT2D eigenvalue weighted by molar-refractivity contribution is 14.0. The van der Waals surface area contributed by atoms with Gasteiger partial charge in [-0.1, -0.05) is 0 Å². The molecule has 0 aromatic carbocycles. The molecule has 2 N–H and O–H groups in total. The van der Waals surface area contributed by atoms with Gasteiger partial charge in [-0.15, -0.1) is 24.0 Å². The van der Waals surface area contributed by atoms with E-state index in [0.717, 1.165) is 52.2 Å². The van der Waals surface area contributed by atoms with Crippen LogP contribution < -0.4 is 10.6 Å². The van der Waals surface area contributed by atoms with E-state index < -0.39 is 0 Å². The number of rotatable bonds is 6. The first-order valence-electron chi connectivity index (χ1n) is 9.92. The van der Waals surface area contributed by atoms with Crippen molar-refractivity contribution in [2.24, 2.45) is 4.99 Å². The van der Waals surface area contributed by atoms with Crippen molar-refractivity contribution in [2.45, 2.75) is 31.4 Å². The largest absolute Gasteiger partial charge is 0.376 e. The Balaban J connectivity index is 0.00000261. The molecule has 0 radical (unpaired) electrons. The number of nitrogens with one attached hydrogen (secondary N) is 2. The van der Waals surface area contributed by atoms with E-state index in [-0.39, 0.29) is 42.5 Å². The number of hydrogen-bond acceptors (Lipinski definition) is 5. The van der Waals surface area contributed by atoms with Crippen molar-refractivity contribution >= 4 is 35.8 Å². The molecule has 2 bridgehead atoms. The number of amides is 1.